The minimum Gasteiger partial charge on any atom is -0.351 e. The summed E-state index contributed by atoms with van der Waals surface area (Å²) in [6, 6.07) is 4.79. The number of rotatable bonds is 7. The van der Waals surface area contributed by atoms with Gasteiger partial charge in [0, 0.05) is 25.2 Å². The van der Waals surface area contributed by atoms with E-state index in [4.69, 9.17) is 0 Å². The van der Waals surface area contributed by atoms with Crippen molar-refractivity contribution in [3.63, 3.8) is 0 Å². The van der Waals surface area contributed by atoms with E-state index in [2.05, 4.69) is 17.6 Å². The van der Waals surface area contributed by atoms with Gasteiger partial charge in [-0.05, 0) is 56.0 Å². The molecule has 1 fully saturated rings. The Morgan fingerprint density at radius 3 is 2.42 bits per heavy atom. The van der Waals surface area contributed by atoms with Crippen LogP contribution in [0.1, 0.15) is 49.5 Å². The predicted molar refractivity (Wildman–Crippen MR) is 104 cm³/mol. The number of hydrogen-bond donors (Lipinski definition) is 2. The first kappa shape index (κ1) is 20.9. The van der Waals surface area contributed by atoms with E-state index in [0.717, 1.165) is 31.5 Å². The minimum absolute atomic E-state index is 0.0831. The molecule has 1 heterocycles. The Hall–Kier alpha value is -1.44. The molecule has 1 aromatic rings. The van der Waals surface area contributed by atoms with E-state index in [1.165, 1.54) is 10.4 Å². The molecule has 26 heavy (non-hydrogen) atoms. The molecule has 146 valence electrons. The number of carbonyl (C=O) groups is 1. The molecule has 0 aliphatic carbocycles. The smallest absolute Gasteiger partial charge is 0.251 e. The fraction of sp³-hybridized carbons (Fsp3) is 0.632. The zero-order valence-electron chi connectivity index (χ0n) is 16.3. The van der Waals surface area contributed by atoms with Crippen molar-refractivity contribution >= 4 is 15.9 Å². The maximum Gasteiger partial charge on any atom is 0.251 e. The van der Waals surface area contributed by atoms with Crippen LogP contribution in [0.2, 0.25) is 0 Å². The van der Waals surface area contributed by atoms with Gasteiger partial charge in [-0.15, -0.1) is 0 Å². The average Bonchev–Trinajstić information content (AvgIpc) is 2.61. The van der Waals surface area contributed by atoms with Gasteiger partial charge in [0.2, 0.25) is 10.0 Å². The topological polar surface area (TPSA) is 78.5 Å². The standard InChI is InChI=1S/C19H31N3O3S/c1-5-22(6-2)26(24,25)16-8-7-15(3)17(13-16)18(23)21-14-19(4)9-11-20-12-10-19/h7-8,13,20H,5-6,9-12,14H2,1-4H3,(H,21,23). The third-order valence-corrected chi connectivity index (χ3v) is 7.33. The van der Waals surface area contributed by atoms with Crippen LogP contribution in [0.25, 0.3) is 0 Å². The molecule has 1 aromatic carbocycles. The Labute approximate surface area is 157 Å². The summed E-state index contributed by atoms with van der Waals surface area (Å²) in [6.07, 6.45) is 2.03. The van der Waals surface area contributed by atoms with Crippen LogP contribution in [-0.4, -0.2) is 51.4 Å². The lowest BCUT2D eigenvalue weighted by Crippen LogP contribution is -2.43. The number of carbonyl (C=O) groups excluding carboxylic acids is 1. The number of nitrogens with one attached hydrogen (secondary N) is 2. The van der Waals surface area contributed by atoms with Gasteiger partial charge >= 0.3 is 0 Å². The second-order valence-electron chi connectivity index (χ2n) is 7.31. The van der Waals surface area contributed by atoms with Crippen LogP contribution in [0, 0.1) is 12.3 Å². The SMILES string of the molecule is CCN(CC)S(=O)(=O)c1ccc(C)c(C(=O)NCC2(C)CCNCC2)c1. The summed E-state index contributed by atoms with van der Waals surface area (Å²) in [5, 5.41) is 6.34. The van der Waals surface area contributed by atoms with E-state index in [1.54, 1.807) is 12.1 Å². The van der Waals surface area contributed by atoms with Crippen molar-refractivity contribution in [2.45, 2.75) is 45.4 Å². The van der Waals surface area contributed by atoms with Crippen LogP contribution in [0.3, 0.4) is 0 Å². The molecule has 0 unspecified atom stereocenters. The maximum absolute atomic E-state index is 12.7. The highest BCUT2D eigenvalue weighted by Crippen LogP contribution is 2.27. The quantitative estimate of drug-likeness (QED) is 0.759. The molecule has 1 amide bonds. The van der Waals surface area contributed by atoms with Gasteiger partial charge in [-0.25, -0.2) is 8.42 Å². The molecule has 0 atom stereocenters. The van der Waals surface area contributed by atoms with E-state index < -0.39 is 10.0 Å². The highest BCUT2D eigenvalue weighted by atomic mass is 32.2. The van der Waals surface area contributed by atoms with Crippen LogP contribution in [0.15, 0.2) is 23.1 Å². The van der Waals surface area contributed by atoms with Crippen LogP contribution >= 0.6 is 0 Å². The summed E-state index contributed by atoms with van der Waals surface area (Å²) in [6.45, 7) is 11.0. The molecule has 0 aromatic heterocycles. The summed E-state index contributed by atoms with van der Waals surface area (Å²) in [5.74, 6) is -0.209. The van der Waals surface area contributed by atoms with Gasteiger partial charge in [-0.3, -0.25) is 4.79 Å². The van der Waals surface area contributed by atoms with E-state index >= 15 is 0 Å². The van der Waals surface area contributed by atoms with Crippen molar-refractivity contribution in [1.82, 2.24) is 14.9 Å². The van der Waals surface area contributed by atoms with E-state index in [-0.39, 0.29) is 16.2 Å². The van der Waals surface area contributed by atoms with Gasteiger partial charge in [0.15, 0.2) is 0 Å². The van der Waals surface area contributed by atoms with Gasteiger partial charge in [0.05, 0.1) is 4.90 Å². The molecule has 2 N–H and O–H groups in total. The van der Waals surface area contributed by atoms with Gasteiger partial charge < -0.3 is 10.6 Å². The molecule has 1 saturated heterocycles. The fourth-order valence-electron chi connectivity index (χ4n) is 3.31. The van der Waals surface area contributed by atoms with E-state index in [9.17, 15) is 13.2 Å². The van der Waals surface area contributed by atoms with Crippen LogP contribution in [-0.2, 0) is 10.0 Å². The number of amides is 1. The second kappa shape index (κ2) is 8.50. The van der Waals surface area contributed by atoms with Crippen molar-refractivity contribution in [1.29, 1.82) is 0 Å². The van der Waals surface area contributed by atoms with Gasteiger partial charge in [0.25, 0.3) is 5.91 Å². The Bertz CT molecular complexity index is 736. The highest BCUT2D eigenvalue weighted by Gasteiger charge is 2.28. The molecular formula is C19H31N3O3S. The zero-order chi connectivity index (χ0) is 19.4. The van der Waals surface area contributed by atoms with Crippen molar-refractivity contribution in [2.24, 2.45) is 5.41 Å². The molecule has 2 rings (SSSR count). The predicted octanol–water partition coefficient (Wildman–Crippen LogP) is 2.15. The first-order valence-corrected chi connectivity index (χ1v) is 10.8. The highest BCUT2D eigenvalue weighted by molar-refractivity contribution is 7.89. The minimum atomic E-state index is -3.58. The largest absolute Gasteiger partial charge is 0.351 e. The average molecular weight is 382 g/mol. The molecular weight excluding hydrogens is 350 g/mol. The molecule has 7 heteroatoms. The first-order valence-electron chi connectivity index (χ1n) is 9.33. The van der Waals surface area contributed by atoms with Crippen LogP contribution in [0.5, 0.6) is 0 Å². The summed E-state index contributed by atoms with van der Waals surface area (Å²) in [5.41, 5.74) is 1.28. The molecule has 0 spiro atoms. The van der Waals surface area contributed by atoms with Gasteiger partial charge in [0.1, 0.15) is 0 Å². The Balaban J connectivity index is 2.20. The van der Waals surface area contributed by atoms with E-state index in [1.807, 2.05) is 20.8 Å². The summed E-state index contributed by atoms with van der Waals surface area (Å²) in [4.78, 5) is 12.9. The number of aryl methyl sites for hydroxylation is 1. The van der Waals surface area contributed by atoms with Crippen LogP contribution in [0.4, 0.5) is 0 Å². The third-order valence-electron chi connectivity index (χ3n) is 5.28. The van der Waals surface area contributed by atoms with Gasteiger partial charge in [-0.2, -0.15) is 4.31 Å². The maximum atomic E-state index is 12.7. The molecule has 1 aliphatic rings. The lowest BCUT2D eigenvalue weighted by molar-refractivity contribution is 0.0921. The fourth-order valence-corrected chi connectivity index (χ4v) is 4.80. The number of piperidine rings is 1. The monoisotopic (exact) mass is 381 g/mol. The number of benzene rings is 1. The molecule has 1 aliphatic heterocycles. The second-order valence-corrected chi connectivity index (χ2v) is 9.25. The summed E-state index contributed by atoms with van der Waals surface area (Å²) in [7, 11) is -3.58. The Morgan fingerprint density at radius 1 is 1.23 bits per heavy atom. The number of hydrogen-bond acceptors (Lipinski definition) is 4. The molecule has 0 bridgehead atoms. The summed E-state index contributed by atoms with van der Waals surface area (Å²) >= 11 is 0. The number of sulfonamides is 1. The zero-order valence-corrected chi connectivity index (χ0v) is 17.1. The molecule has 0 saturated carbocycles. The Kier molecular flexibility index (Phi) is 6.82. The van der Waals surface area contributed by atoms with Crippen molar-refractivity contribution in [2.75, 3.05) is 32.7 Å². The normalized spacial score (nSPS) is 17.3. The lowest BCUT2D eigenvalue weighted by Gasteiger charge is -2.34. The van der Waals surface area contributed by atoms with Crippen molar-refractivity contribution < 1.29 is 13.2 Å². The van der Waals surface area contributed by atoms with Crippen LogP contribution < -0.4 is 10.6 Å². The Morgan fingerprint density at radius 2 is 1.85 bits per heavy atom. The molecule has 0 radical (unpaired) electrons. The van der Waals surface area contributed by atoms with Crippen molar-refractivity contribution in [3.8, 4) is 0 Å². The number of nitrogens with zero attached hydrogens (tertiary/aromatic N) is 1. The first-order chi connectivity index (χ1) is 12.2. The van der Waals surface area contributed by atoms with Gasteiger partial charge in [-0.1, -0.05) is 26.8 Å². The molecule has 6 nitrogen and oxygen atoms in total. The van der Waals surface area contributed by atoms with E-state index in [0.29, 0.717) is 25.2 Å². The lowest BCUT2D eigenvalue weighted by atomic mass is 9.81. The third kappa shape index (κ3) is 4.64. The van der Waals surface area contributed by atoms with Crippen molar-refractivity contribution in [3.05, 3.63) is 29.3 Å². The summed E-state index contributed by atoms with van der Waals surface area (Å²) < 4.78 is 26.8.